The maximum atomic E-state index is 12.4. The predicted octanol–water partition coefficient (Wildman–Crippen LogP) is 3.21. The van der Waals surface area contributed by atoms with Crippen LogP contribution in [0.15, 0.2) is 63.3 Å². The fourth-order valence-corrected chi connectivity index (χ4v) is 5.02. The molecule has 0 aliphatic rings. The number of pyridine rings is 1. The summed E-state index contributed by atoms with van der Waals surface area (Å²) in [4.78, 5) is 4.31. The van der Waals surface area contributed by atoms with Crippen LogP contribution in [-0.4, -0.2) is 39.7 Å². The lowest BCUT2D eigenvalue weighted by atomic mass is 10.2. The first-order valence-corrected chi connectivity index (χ1v) is 10.8. The van der Waals surface area contributed by atoms with E-state index in [2.05, 4.69) is 31.1 Å². The molecule has 9 heteroatoms. The summed E-state index contributed by atoms with van der Waals surface area (Å²) in [6.07, 6.45) is 3.39. The van der Waals surface area contributed by atoms with Gasteiger partial charge in [-0.3, -0.25) is 4.98 Å². The largest absolute Gasteiger partial charge is 0.305 e. The smallest absolute Gasteiger partial charge is 0.191 e. The van der Waals surface area contributed by atoms with Gasteiger partial charge in [-0.15, -0.1) is 10.2 Å². The van der Waals surface area contributed by atoms with Crippen LogP contribution in [0.4, 0.5) is 0 Å². The Kier molecular flexibility index (Phi) is 5.55. The second kappa shape index (κ2) is 7.67. The number of thioether (sulfide) groups is 1. The van der Waals surface area contributed by atoms with Crippen molar-refractivity contribution in [3.8, 4) is 11.4 Å². The highest BCUT2D eigenvalue weighted by Crippen LogP contribution is 2.23. The zero-order valence-electron chi connectivity index (χ0n) is 13.3. The van der Waals surface area contributed by atoms with E-state index in [0.717, 1.165) is 15.9 Å². The minimum Gasteiger partial charge on any atom is -0.305 e. The number of aromatic nitrogens is 4. The monoisotopic (exact) mass is 438 g/mol. The van der Waals surface area contributed by atoms with Gasteiger partial charge in [-0.05, 0) is 36.4 Å². The van der Waals surface area contributed by atoms with Gasteiger partial charge in [0.25, 0.3) is 0 Å². The molecule has 0 unspecified atom stereocenters. The molecule has 25 heavy (non-hydrogen) atoms. The zero-order valence-corrected chi connectivity index (χ0v) is 16.6. The van der Waals surface area contributed by atoms with E-state index < -0.39 is 9.84 Å². The molecular formula is C16H15BrN4O2S2. The molecule has 0 spiro atoms. The molecule has 0 amide bonds. The Morgan fingerprint density at radius 2 is 1.76 bits per heavy atom. The van der Waals surface area contributed by atoms with E-state index in [1.165, 1.54) is 11.8 Å². The van der Waals surface area contributed by atoms with E-state index in [0.29, 0.717) is 15.8 Å². The van der Waals surface area contributed by atoms with Crippen LogP contribution in [0, 0.1) is 0 Å². The highest BCUT2D eigenvalue weighted by atomic mass is 79.9. The Labute approximate surface area is 158 Å². The molecule has 3 rings (SSSR count). The number of hydrogen-bond acceptors (Lipinski definition) is 6. The SMILES string of the molecule is Cn1c(SCCS(=O)(=O)c2ccc(Br)cc2)nnc1-c1ccncc1. The van der Waals surface area contributed by atoms with Crippen LogP contribution < -0.4 is 0 Å². The minimum absolute atomic E-state index is 0.0384. The van der Waals surface area contributed by atoms with E-state index in [1.54, 1.807) is 36.7 Å². The van der Waals surface area contributed by atoms with Gasteiger partial charge in [0.05, 0.1) is 10.6 Å². The minimum atomic E-state index is -3.31. The molecule has 0 saturated heterocycles. The van der Waals surface area contributed by atoms with Crippen LogP contribution in [0.3, 0.4) is 0 Å². The summed E-state index contributed by atoms with van der Waals surface area (Å²) in [5.41, 5.74) is 0.916. The Balaban J connectivity index is 1.67. The fraction of sp³-hybridized carbons (Fsp3) is 0.188. The van der Waals surface area contributed by atoms with Gasteiger partial charge in [0.15, 0.2) is 20.8 Å². The van der Waals surface area contributed by atoms with Crippen molar-refractivity contribution in [2.75, 3.05) is 11.5 Å². The summed E-state index contributed by atoms with van der Waals surface area (Å²) in [6.45, 7) is 0. The lowest BCUT2D eigenvalue weighted by Gasteiger charge is -2.05. The first-order valence-electron chi connectivity index (χ1n) is 7.38. The molecular weight excluding hydrogens is 424 g/mol. The number of nitrogens with zero attached hydrogens (tertiary/aromatic N) is 4. The third-order valence-corrected chi connectivity index (χ3v) is 7.07. The van der Waals surface area contributed by atoms with Crippen LogP contribution in [0.1, 0.15) is 0 Å². The number of benzene rings is 1. The van der Waals surface area contributed by atoms with Gasteiger partial charge in [-0.2, -0.15) is 0 Å². The Morgan fingerprint density at radius 3 is 2.44 bits per heavy atom. The van der Waals surface area contributed by atoms with Gasteiger partial charge in [0.1, 0.15) is 0 Å². The maximum absolute atomic E-state index is 12.4. The average Bonchev–Trinajstić information content (AvgIpc) is 2.97. The van der Waals surface area contributed by atoms with E-state index in [-0.39, 0.29) is 5.75 Å². The Hall–Kier alpha value is -1.71. The third-order valence-electron chi connectivity index (χ3n) is 3.53. The number of sulfone groups is 1. The Morgan fingerprint density at radius 1 is 1.08 bits per heavy atom. The number of hydrogen-bond donors (Lipinski definition) is 0. The van der Waals surface area contributed by atoms with Gasteiger partial charge >= 0.3 is 0 Å². The van der Waals surface area contributed by atoms with Crippen molar-refractivity contribution in [1.29, 1.82) is 0 Å². The molecule has 2 heterocycles. The molecule has 3 aromatic rings. The second-order valence-electron chi connectivity index (χ2n) is 5.22. The van der Waals surface area contributed by atoms with Crippen LogP contribution in [0.25, 0.3) is 11.4 Å². The third kappa shape index (κ3) is 4.28. The summed E-state index contributed by atoms with van der Waals surface area (Å²) in [5, 5.41) is 9.01. The lowest BCUT2D eigenvalue weighted by Crippen LogP contribution is -2.09. The highest BCUT2D eigenvalue weighted by molar-refractivity contribution is 9.10. The molecule has 1 aromatic carbocycles. The first-order chi connectivity index (χ1) is 12.0. The highest BCUT2D eigenvalue weighted by Gasteiger charge is 2.16. The van der Waals surface area contributed by atoms with Crippen LogP contribution >= 0.6 is 27.7 Å². The van der Waals surface area contributed by atoms with Gasteiger partial charge < -0.3 is 4.57 Å². The number of rotatable bonds is 6. The molecule has 0 radical (unpaired) electrons. The van der Waals surface area contributed by atoms with Crippen LogP contribution in [0.5, 0.6) is 0 Å². The molecule has 2 aromatic heterocycles. The van der Waals surface area contributed by atoms with Crippen molar-refractivity contribution >= 4 is 37.5 Å². The molecule has 0 atom stereocenters. The van der Waals surface area contributed by atoms with Crippen molar-refractivity contribution in [3.05, 3.63) is 53.3 Å². The summed E-state index contributed by atoms with van der Waals surface area (Å²) in [5.74, 6) is 1.16. The van der Waals surface area contributed by atoms with Crippen molar-refractivity contribution in [2.45, 2.75) is 10.1 Å². The lowest BCUT2D eigenvalue weighted by molar-refractivity contribution is 0.597. The maximum Gasteiger partial charge on any atom is 0.191 e. The standard InChI is InChI=1S/C16H15BrN4O2S2/c1-21-15(12-6-8-18-9-7-12)19-20-16(21)24-10-11-25(22,23)14-4-2-13(17)3-5-14/h2-9H,10-11H2,1H3. The molecule has 0 bridgehead atoms. The van der Waals surface area contributed by atoms with Gasteiger partial charge in [-0.1, -0.05) is 27.7 Å². The van der Waals surface area contributed by atoms with Crippen molar-refractivity contribution < 1.29 is 8.42 Å². The quantitative estimate of drug-likeness (QED) is 0.549. The second-order valence-corrected chi connectivity index (χ2v) is 9.31. The van der Waals surface area contributed by atoms with Gasteiger partial charge in [0.2, 0.25) is 0 Å². The normalized spacial score (nSPS) is 11.6. The van der Waals surface area contributed by atoms with Gasteiger partial charge in [-0.25, -0.2) is 8.42 Å². The molecule has 0 aliphatic heterocycles. The zero-order chi connectivity index (χ0) is 17.9. The summed E-state index contributed by atoms with van der Waals surface area (Å²) in [6, 6.07) is 10.4. The van der Waals surface area contributed by atoms with Crippen molar-refractivity contribution in [2.24, 2.45) is 7.05 Å². The van der Waals surface area contributed by atoms with Crippen molar-refractivity contribution in [3.63, 3.8) is 0 Å². The first kappa shape index (κ1) is 18.1. The summed E-state index contributed by atoms with van der Waals surface area (Å²) >= 11 is 4.68. The summed E-state index contributed by atoms with van der Waals surface area (Å²) < 4.78 is 27.4. The van der Waals surface area contributed by atoms with Gasteiger partial charge in [0, 0.05) is 35.2 Å². The Bertz CT molecular complexity index is 958. The van der Waals surface area contributed by atoms with E-state index >= 15 is 0 Å². The number of halogens is 1. The predicted molar refractivity (Wildman–Crippen MR) is 101 cm³/mol. The molecule has 0 saturated carbocycles. The summed E-state index contributed by atoms with van der Waals surface area (Å²) in [7, 11) is -1.45. The van der Waals surface area contributed by atoms with Crippen molar-refractivity contribution in [1.82, 2.24) is 19.7 Å². The molecule has 6 nitrogen and oxygen atoms in total. The molecule has 130 valence electrons. The van der Waals surface area contributed by atoms with E-state index in [9.17, 15) is 8.42 Å². The van der Waals surface area contributed by atoms with Crippen LogP contribution in [-0.2, 0) is 16.9 Å². The van der Waals surface area contributed by atoms with E-state index in [4.69, 9.17) is 0 Å². The topological polar surface area (TPSA) is 77.7 Å². The molecule has 0 aliphatic carbocycles. The average molecular weight is 439 g/mol. The molecule has 0 N–H and O–H groups in total. The van der Waals surface area contributed by atoms with E-state index in [1.807, 2.05) is 23.7 Å². The van der Waals surface area contributed by atoms with Crippen LogP contribution in [0.2, 0.25) is 0 Å². The fourth-order valence-electron chi connectivity index (χ4n) is 2.20. The molecule has 0 fully saturated rings.